The molecule has 1 aromatic heterocycles. The molecule has 0 unspecified atom stereocenters. The Morgan fingerprint density at radius 2 is 2.00 bits per heavy atom. The summed E-state index contributed by atoms with van der Waals surface area (Å²) in [5.74, 6) is 0.630. The molecule has 0 saturated carbocycles. The van der Waals surface area contributed by atoms with Crippen molar-refractivity contribution in [3.8, 4) is 0 Å². The number of hydrogen-bond donors (Lipinski definition) is 2. The van der Waals surface area contributed by atoms with Crippen LogP contribution >= 0.6 is 0 Å². The van der Waals surface area contributed by atoms with Crippen molar-refractivity contribution < 1.29 is 9.59 Å². The summed E-state index contributed by atoms with van der Waals surface area (Å²) in [6.45, 7) is 4.60. The number of likely N-dealkylation sites (tertiary alicyclic amines) is 1. The van der Waals surface area contributed by atoms with E-state index in [0.29, 0.717) is 32.5 Å². The van der Waals surface area contributed by atoms with Crippen LogP contribution in [0, 0.1) is 12.8 Å². The summed E-state index contributed by atoms with van der Waals surface area (Å²) in [5.41, 5.74) is 7.45. The summed E-state index contributed by atoms with van der Waals surface area (Å²) in [4.78, 5) is 29.7. The van der Waals surface area contributed by atoms with Crippen molar-refractivity contribution in [2.75, 3.05) is 19.6 Å². The standard InChI is InChI=1S/C18H25N5O2/c1-13-21-15-5-2-3-6-16(15)23(13)10-4-9-20-18(25)22-11-7-14(8-12-22)17(19)24/h2-3,5-6,14H,4,7-12H2,1H3,(H2,19,24)(H,20,25). The Morgan fingerprint density at radius 1 is 1.28 bits per heavy atom. The van der Waals surface area contributed by atoms with Gasteiger partial charge in [-0.3, -0.25) is 4.79 Å². The van der Waals surface area contributed by atoms with Gasteiger partial charge in [0.2, 0.25) is 5.91 Å². The molecular weight excluding hydrogens is 318 g/mol. The molecule has 2 aromatic rings. The third-order valence-corrected chi connectivity index (χ3v) is 4.86. The van der Waals surface area contributed by atoms with Gasteiger partial charge in [0.15, 0.2) is 0 Å². The minimum atomic E-state index is -0.261. The summed E-state index contributed by atoms with van der Waals surface area (Å²) in [6.07, 6.45) is 2.15. The molecule has 7 nitrogen and oxygen atoms in total. The van der Waals surface area contributed by atoms with Crippen LogP contribution in [0.15, 0.2) is 24.3 Å². The van der Waals surface area contributed by atoms with Crippen molar-refractivity contribution in [3.05, 3.63) is 30.1 Å². The number of rotatable bonds is 5. The van der Waals surface area contributed by atoms with E-state index in [1.165, 1.54) is 0 Å². The smallest absolute Gasteiger partial charge is 0.317 e. The monoisotopic (exact) mass is 343 g/mol. The number of benzene rings is 1. The number of nitrogens with two attached hydrogens (primary N) is 1. The van der Waals surface area contributed by atoms with Crippen molar-refractivity contribution >= 4 is 23.0 Å². The average molecular weight is 343 g/mol. The van der Waals surface area contributed by atoms with Gasteiger partial charge in [-0.15, -0.1) is 0 Å². The Bertz CT molecular complexity index is 762. The van der Waals surface area contributed by atoms with E-state index >= 15 is 0 Å². The van der Waals surface area contributed by atoms with Gasteiger partial charge in [-0.1, -0.05) is 12.1 Å². The van der Waals surface area contributed by atoms with E-state index in [2.05, 4.69) is 20.9 Å². The summed E-state index contributed by atoms with van der Waals surface area (Å²) in [7, 11) is 0. The second kappa shape index (κ2) is 7.55. The predicted octanol–water partition coefficient (Wildman–Crippen LogP) is 1.64. The first-order chi connectivity index (χ1) is 12.1. The van der Waals surface area contributed by atoms with E-state index in [9.17, 15) is 9.59 Å². The minimum absolute atomic E-state index is 0.0601. The van der Waals surface area contributed by atoms with E-state index in [4.69, 9.17) is 5.73 Å². The zero-order chi connectivity index (χ0) is 17.8. The lowest BCUT2D eigenvalue weighted by Crippen LogP contribution is -2.46. The molecule has 1 saturated heterocycles. The normalized spacial score (nSPS) is 15.5. The third-order valence-electron chi connectivity index (χ3n) is 4.86. The lowest BCUT2D eigenvalue weighted by molar-refractivity contribution is -0.123. The second-order valence-corrected chi connectivity index (χ2v) is 6.55. The topological polar surface area (TPSA) is 93.2 Å². The first-order valence-corrected chi connectivity index (χ1v) is 8.80. The first kappa shape index (κ1) is 17.3. The average Bonchev–Trinajstić information content (AvgIpc) is 2.94. The van der Waals surface area contributed by atoms with Crippen LogP contribution in [-0.2, 0) is 11.3 Å². The zero-order valence-corrected chi connectivity index (χ0v) is 14.6. The molecule has 3 amide bonds. The van der Waals surface area contributed by atoms with Crippen molar-refractivity contribution in [1.29, 1.82) is 0 Å². The number of urea groups is 1. The number of amides is 3. The number of carbonyl (C=O) groups excluding carboxylic acids is 2. The Kier molecular flexibility index (Phi) is 5.21. The van der Waals surface area contributed by atoms with Crippen LogP contribution < -0.4 is 11.1 Å². The summed E-state index contributed by atoms with van der Waals surface area (Å²) >= 11 is 0. The molecule has 0 radical (unpaired) electrons. The lowest BCUT2D eigenvalue weighted by Gasteiger charge is -2.30. The molecule has 1 fully saturated rings. The second-order valence-electron chi connectivity index (χ2n) is 6.55. The molecule has 0 spiro atoms. The van der Waals surface area contributed by atoms with Gasteiger partial charge >= 0.3 is 6.03 Å². The molecule has 0 aliphatic carbocycles. The van der Waals surface area contributed by atoms with Crippen molar-refractivity contribution in [2.24, 2.45) is 11.7 Å². The van der Waals surface area contributed by atoms with Gasteiger partial charge in [-0.2, -0.15) is 0 Å². The number of hydrogen-bond acceptors (Lipinski definition) is 3. The quantitative estimate of drug-likeness (QED) is 0.808. The molecule has 2 heterocycles. The number of nitrogens with one attached hydrogen (secondary N) is 1. The molecular formula is C18H25N5O2. The summed E-state index contributed by atoms with van der Waals surface area (Å²) in [6, 6.07) is 8.01. The van der Waals surface area contributed by atoms with E-state index in [-0.39, 0.29) is 17.9 Å². The van der Waals surface area contributed by atoms with Gasteiger partial charge in [0.25, 0.3) is 0 Å². The maximum atomic E-state index is 12.2. The van der Waals surface area contributed by atoms with Crippen molar-refractivity contribution in [3.63, 3.8) is 0 Å². The number of aromatic nitrogens is 2. The zero-order valence-electron chi connectivity index (χ0n) is 14.6. The Labute approximate surface area is 147 Å². The Morgan fingerprint density at radius 3 is 2.72 bits per heavy atom. The van der Waals surface area contributed by atoms with Gasteiger partial charge in [-0.25, -0.2) is 9.78 Å². The Hall–Kier alpha value is -2.57. The van der Waals surface area contributed by atoms with Gasteiger partial charge in [0.05, 0.1) is 11.0 Å². The number of fused-ring (bicyclic) bond motifs is 1. The van der Waals surface area contributed by atoms with E-state index < -0.39 is 0 Å². The fraction of sp³-hybridized carbons (Fsp3) is 0.500. The van der Waals surface area contributed by atoms with Gasteiger partial charge in [0.1, 0.15) is 5.82 Å². The largest absolute Gasteiger partial charge is 0.369 e. The third kappa shape index (κ3) is 3.92. The molecule has 134 valence electrons. The number of aryl methyl sites for hydroxylation is 2. The molecule has 0 atom stereocenters. The van der Waals surface area contributed by atoms with Gasteiger partial charge in [0, 0.05) is 32.1 Å². The van der Waals surface area contributed by atoms with Crippen LogP contribution in [0.5, 0.6) is 0 Å². The maximum Gasteiger partial charge on any atom is 0.317 e. The van der Waals surface area contributed by atoms with Crippen LogP contribution in [0.25, 0.3) is 11.0 Å². The van der Waals surface area contributed by atoms with E-state index in [1.54, 1.807) is 4.90 Å². The first-order valence-electron chi connectivity index (χ1n) is 8.80. The maximum absolute atomic E-state index is 12.2. The van der Waals surface area contributed by atoms with Crippen LogP contribution in [-0.4, -0.2) is 46.0 Å². The van der Waals surface area contributed by atoms with E-state index in [0.717, 1.165) is 29.8 Å². The predicted molar refractivity (Wildman–Crippen MR) is 96.0 cm³/mol. The molecule has 3 rings (SSSR count). The number of imidazole rings is 1. The summed E-state index contributed by atoms with van der Waals surface area (Å²) in [5, 5.41) is 2.96. The fourth-order valence-corrected chi connectivity index (χ4v) is 3.39. The highest BCUT2D eigenvalue weighted by molar-refractivity contribution is 5.78. The van der Waals surface area contributed by atoms with Crippen molar-refractivity contribution in [1.82, 2.24) is 19.8 Å². The highest BCUT2D eigenvalue weighted by Gasteiger charge is 2.25. The molecule has 0 bridgehead atoms. The number of para-hydroxylation sites is 2. The highest BCUT2D eigenvalue weighted by atomic mass is 16.2. The molecule has 1 aliphatic rings. The number of nitrogens with zero attached hydrogens (tertiary/aromatic N) is 3. The van der Waals surface area contributed by atoms with Crippen molar-refractivity contribution in [2.45, 2.75) is 32.7 Å². The Balaban J connectivity index is 1.45. The van der Waals surface area contributed by atoms with Crippen LogP contribution in [0.1, 0.15) is 25.1 Å². The molecule has 1 aliphatic heterocycles. The molecule has 1 aromatic carbocycles. The van der Waals surface area contributed by atoms with Gasteiger partial charge in [-0.05, 0) is 38.3 Å². The SMILES string of the molecule is Cc1nc2ccccc2n1CCCNC(=O)N1CCC(C(N)=O)CC1. The van der Waals surface area contributed by atoms with Crippen LogP contribution in [0.4, 0.5) is 4.79 Å². The highest BCUT2D eigenvalue weighted by Crippen LogP contribution is 2.17. The molecule has 3 N–H and O–H groups in total. The summed E-state index contributed by atoms with van der Waals surface area (Å²) < 4.78 is 2.18. The number of primary amides is 1. The van der Waals surface area contributed by atoms with Crippen LogP contribution in [0.3, 0.4) is 0 Å². The fourth-order valence-electron chi connectivity index (χ4n) is 3.39. The molecule has 25 heavy (non-hydrogen) atoms. The van der Waals surface area contributed by atoms with Crippen LogP contribution in [0.2, 0.25) is 0 Å². The number of carbonyl (C=O) groups is 2. The number of piperidine rings is 1. The van der Waals surface area contributed by atoms with E-state index in [1.807, 2.05) is 25.1 Å². The molecule has 7 heteroatoms. The minimum Gasteiger partial charge on any atom is -0.369 e. The van der Waals surface area contributed by atoms with Gasteiger partial charge < -0.3 is 20.5 Å². The lowest BCUT2D eigenvalue weighted by atomic mass is 9.96.